The van der Waals surface area contributed by atoms with E-state index in [1.165, 1.54) is 6.33 Å². The van der Waals surface area contributed by atoms with E-state index in [1.54, 1.807) is 24.5 Å². The van der Waals surface area contributed by atoms with Gasteiger partial charge in [-0.25, -0.2) is 9.97 Å². The van der Waals surface area contributed by atoms with Gasteiger partial charge in [0, 0.05) is 28.9 Å². The predicted octanol–water partition coefficient (Wildman–Crippen LogP) is 3.95. The lowest BCUT2D eigenvalue weighted by Gasteiger charge is -2.36. The lowest BCUT2D eigenvalue weighted by Crippen LogP contribution is -2.33. The first-order chi connectivity index (χ1) is 10.6. The Morgan fingerprint density at radius 2 is 1.82 bits per heavy atom. The van der Waals surface area contributed by atoms with E-state index in [2.05, 4.69) is 9.97 Å². The van der Waals surface area contributed by atoms with Gasteiger partial charge in [-0.2, -0.15) is 0 Å². The van der Waals surface area contributed by atoms with E-state index < -0.39 is 11.0 Å². The average Bonchev–Trinajstić information content (AvgIpc) is 2.56. The van der Waals surface area contributed by atoms with Gasteiger partial charge in [0.2, 0.25) is 0 Å². The number of halogens is 2. The highest BCUT2D eigenvalue weighted by Crippen LogP contribution is 2.48. The second kappa shape index (κ2) is 6.21. The molecular formula is C17H14Cl2N2O. The van der Waals surface area contributed by atoms with Gasteiger partial charge in [0.15, 0.2) is 0 Å². The molecule has 3 rings (SSSR count). The topological polar surface area (TPSA) is 46.0 Å². The molecule has 112 valence electrons. The van der Waals surface area contributed by atoms with Crippen molar-refractivity contribution in [2.24, 2.45) is 5.92 Å². The summed E-state index contributed by atoms with van der Waals surface area (Å²) in [5, 5.41) is 11.3. The number of hydrogen-bond donors (Lipinski definition) is 1. The maximum Gasteiger partial charge on any atom is 0.115 e. The molecule has 2 aromatic rings. The molecule has 1 aromatic heterocycles. The molecule has 0 saturated carbocycles. The van der Waals surface area contributed by atoms with Gasteiger partial charge < -0.3 is 5.11 Å². The summed E-state index contributed by atoms with van der Waals surface area (Å²) < 4.78 is 0. The molecule has 0 radical (unpaired) electrons. The lowest BCUT2D eigenvalue weighted by atomic mass is 9.78. The zero-order valence-corrected chi connectivity index (χ0v) is 13.1. The smallest absolute Gasteiger partial charge is 0.115 e. The van der Waals surface area contributed by atoms with Crippen LogP contribution in [0.3, 0.4) is 0 Å². The van der Waals surface area contributed by atoms with E-state index in [4.69, 9.17) is 23.2 Å². The number of aliphatic hydroxyl groups excluding tert-OH is 1. The number of nitrogens with zero attached hydrogens (tertiary/aromatic N) is 2. The van der Waals surface area contributed by atoms with Crippen LogP contribution in [-0.4, -0.2) is 15.1 Å². The third kappa shape index (κ3) is 2.80. The number of aliphatic hydroxyl groups is 1. The molecular weight excluding hydrogens is 319 g/mol. The van der Waals surface area contributed by atoms with Crippen LogP contribution in [-0.2, 0) is 4.87 Å². The molecule has 3 atom stereocenters. The van der Waals surface area contributed by atoms with Crippen molar-refractivity contribution < 1.29 is 5.11 Å². The zero-order valence-electron chi connectivity index (χ0n) is 11.6. The Morgan fingerprint density at radius 1 is 1.14 bits per heavy atom. The van der Waals surface area contributed by atoms with Crippen LogP contribution >= 0.6 is 23.2 Å². The molecule has 0 fully saturated rings. The Morgan fingerprint density at radius 3 is 2.50 bits per heavy atom. The number of aromatic nitrogens is 2. The number of allylic oxidation sites excluding steroid dienone is 3. The van der Waals surface area contributed by atoms with Gasteiger partial charge >= 0.3 is 0 Å². The highest BCUT2D eigenvalue weighted by Gasteiger charge is 2.42. The van der Waals surface area contributed by atoms with Crippen molar-refractivity contribution in [3.05, 3.63) is 83.4 Å². The fraction of sp³-hybridized carbons (Fsp3) is 0.176. The van der Waals surface area contributed by atoms with Crippen LogP contribution < -0.4 is 0 Å². The molecule has 1 heterocycles. The molecule has 0 aliphatic heterocycles. The van der Waals surface area contributed by atoms with Gasteiger partial charge in [0.25, 0.3) is 0 Å². The maximum atomic E-state index is 10.8. The molecule has 3 nitrogen and oxygen atoms in total. The van der Waals surface area contributed by atoms with Crippen LogP contribution in [0.2, 0.25) is 0 Å². The summed E-state index contributed by atoms with van der Waals surface area (Å²) in [4.78, 5) is 7.05. The molecule has 1 aliphatic carbocycles. The third-order valence-electron chi connectivity index (χ3n) is 3.78. The van der Waals surface area contributed by atoms with Crippen LogP contribution in [0.1, 0.15) is 17.2 Å². The monoisotopic (exact) mass is 332 g/mol. The molecule has 1 N–H and O–H groups in total. The SMILES string of the molecule is OC(c1ccccc1)C1C=CC(Cl)=CC1(Cl)c1cncnc1. The fourth-order valence-electron chi connectivity index (χ4n) is 2.65. The number of benzene rings is 1. The standard InChI is InChI=1S/C17H14Cl2N2O/c18-14-6-7-15(16(22)12-4-2-1-3-5-12)17(19,8-14)13-9-20-11-21-10-13/h1-11,15-16,22H. The van der Waals surface area contributed by atoms with Crippen LogP contribution in [0.25, 0.3) is 0 Å². The second-order valence-electron chi connectivity index (χ2n) is 5.16. The highest BCUT2D eigenvalue weighted by atomic mass is 35.5. The first-order valence-electron chi connectivity index (χ1n) is 6.85. The summed E-state index contributed by atoms with van der Waals surface area (Å²) in [6.45, 7) is 0. The van der Waals surface area contributed by atoms with Crippen molar-refractivity contribution in [2.75, 3.05) is 0 Å². The minimum absolute atomic E-state index is 0.384. The summed E-state index contributed by atoms with van der Waals surface area (Å²) in [5.41, 5.74) is 1.49. The van der Waals surface area contributed by atoms with Gasteiger partial charge in [-0.05, 0) is 17.7 Å². The Labute approximate surface area is 138 Å². The van der Waals surface area contributed by atoms with Crippen LogP contribution in [0.5, 0.6) is 0 Å². The van der Waals surface area contributed by atoms with Crippen molar-refractivity contribution in [1.82, 2.24) is 9.97 Å². The summed E-state index contributed by atoms with van der Waals surface area (Å²) in [5.74, 6) is -0.384. The van der Waals surface area contributed by atoms with Crippen molar-refractivity contribution in [1.29, 1.82) is 0 Å². The summed E-state index contributed by atoms with van der Waals surface area (Å²) in [6.07, 6.45) is 9.27. The Bertz CT molecular complexity index is 703. The van der Waals surface area contributed by atoms with E-state index in [-0.39, 0.29) is 5.92 Å². The quantitative estimate of drug-likeness (QED) is 0.865. The van der Waals surface area contributed by atoms with Gasteiger partial charge in [-0.15, -0.1) is 11.6 Å². The van der Waals surface area contributed by atoms with E-state index in [9.17, 15) is 5.11 Å². The van der Waals surface area contributed by atoms with E-state index >= 15 is 0 Å². The first kappa shape index (κ1) is 15.2. The van der Waals surface area contributed by atoms with Crippen molar-refractivity contribution >= 4 is 23.2 Å². The van der Waals surface area contributed by atoms with Crippen LogP contribution in [0, 0.1) is 5.92 Å². The summed E-state index contributed by atoms with van der Waals surface area (Å²) in [7, 11) is 0. The van der Waals surface area contributed by atoms with E-state index in [0.717, 1.165) is 5.56 Å². The molecule has 1 aromatic carbocycles. The highest BCUT2D eigenvalue weighted by molar-refractivity contribution is 6.33. The van der Waals surface area contributed by atoms with Crippen molar-refractivity contribution in [3.63, 3.8) is 0 Å². The Balaban J connectivity index is 2.04. The fourth-order valence-corrected chi connectivity index (χ4v) is 3.35. The number of rotatable bonds is 3. The van der Waals surface area contributed by atoms with Gasteiger partial charge in [0.05, 0.1) is 6.10 Å². The average molecular weight is 333 g/mol. The van der Waals surface area contributed by atoms with Crippen LogP contribution in [0.4, 0.5) is 0 Å². The number of alkyl halides is 1. The predicted molar refractivity (Wildman–Crippen MR) is 87.5 cm³/mol. The summed E-state index contributed by atoms with van der Waals surface area (Å²) in [6, 6.07) is 9.42. The molecule has 0 amide bonds. The van der Waals surface area contributed by atoms with Crippen molar-refractivity contribution in [2.45, 2.75) is 11.0 Å². The molecule has 0 saturated heterocycles. The lowest BCUT2D eigenvalue weighted by molar-refractivity contribution is 0.115. The summed E-state index contributed by atoms with van der Waals surface area (Å²) >= 11 is 13.0. The van der Waals surface area contributed by atoms with Gasteiger partial charge in [-0.3, -0.25) is 0 Å². The van der Waals surface area contributed by atoms with Crippen LogP contribution in [0.15, 0.2) is 72.3 Å². The Hall–Kier alpha value is -1.68. The third-order valence-corrected chi connectivity index (χ3v) is 4.59. The molecule has 5 heteroatoms. The van der Waals surface area contributed by atoms with E-state index in [1.807, 2.05) is 36.4 Å². The first-order valence-corrected chi connectivity index (χ1v) is 7.61. The zero-order chi connectivity index (χ0) is 15.6. The molecule has 1 aliphatic rings. The molecule has 22 heavy (non-hydrogen) atoms. The molecule has 3 unspecified atom stereocenters. The van der Waals surface area contributed by atoms with E-state index in [0.29, 0.717) is 10.6 Å². The van der Waals surface area contributed by atoms with Gasteiger partial charge in [0.1, 0.15) is 11.2 Å². The largest absolute Gasteiger partial charge is 0.388 e. The maximum absolute atomic E-state index is 10.8. The molecule has 0 bridgehead atoms. The second-order valence-corrected chi connectivity index (χ2v) is 6.23. The van der Waals surface area contributed by atoms with Crippen molar-refractivity contribution in [3.8, 4) is 0 Å². The minimum Gasteiger partial charge on any atom is -0.388 e. The molecule has 0 spiro atoms. The normalized spacial score (nSPS) is 25.6. The minimum atomic E-state index is -0.998. The number of hydrogen-bond acceptors (Lipinski definition) is 3. The Kier molecular flexibility index (Phi) is 4.30. The van der Waals surface area contributed by atoms with Gasteiger partial charge in [-0.1, -0.05) is 48.0 Å².